The molecule has 2 aliphatic heterocycles. The average Bonchev–Trinajstić information content (AvgIpc) is 3.13. The van der Waals surface area contributed by atoms with Crippen LogP contribution in [0.1, 0.15) is 38.5 Å². The van der Waals surface area contributed by atoms with Gasteiger partial charge in [-0.2, -0.15) is 0 Å². The van der Waals surface area contributed by atoms with E-state index in [1.165, 1.54) is 13.5 Å². The van der Waals surface area contributed by atoms with E-state index in [1.807, 2.05) is 4.90 Å². The smallest absolute Gasteiger partial charge is 0.230 e. The molecule has 8 heteroatoms. The zero-order valence-electron chi connectivity index (χ0n) is 13.7. The zero-order chi connectivity index (χ0) is 15.8. The van der Waals surface area contributed by atoms with E-state index < -0.39 is 10.0 Å². The van der Waals surface area contributed by atoms with Gasteiger partial charge in [-0.1, -0.05) is 12.8 Å². The van der Waals surface area contributed by atoms with Crippen LogP contribution in [-0.4, -0.2) is 57.7 Å². The maximum Gasteiger partial charge on any atom is 0.230 e. The fourth-order valence-corrected chi connectivity index (χ4v) is 5.59. The van der Waals surface area contributed by atoms with Crippen LogP contribution in [0.3, 0.4) is 0 Å². The summed E-state index contributed by atoms with van der Waals surface area (Å²) in [5, 5.41) is 3.41. The Balaban J connectivity index is 0.00000192. The van der Waals surface area contributed by atoms with E-state index in [0.717, 1.165) is 45.2 Å². The van der Waals surface area contributed by atoms with E-state index in [4.69, 9.17) is 0 Å². The van der Waals surface area contributed by atoms with Gasteiger partial charge in [-0.25, -0.2) is 13.1 Å². The third kappa shape index (κ3) is 3.52. The topological polar surface area (TPSA) is 78.5 Å². The molecule has 0 aromatic carbocycles. The van der Waals surface area contributed by atoms with Gasteiger partial charge in [0, 0.05) is 19.1 Å². The highest BCUT2D eigenvalue weighted by atomic mass is 35.5. The van der Waals surface area contributed by atoms with Crippen LogP contribution in [0, 0.1) is 11.3 Å². The maximum atomic E-state index is 13.3. The van der Waals surface area contributed by atoms with Crippen LogP contribution >= 0.6 is 12.4 Å². The van der Waals surface area contributed by atoms with Gasteiger partial charge in [0.15, 0.2) is 0 Å². The molecule has 3 fully saturated rings. The first kappa shape index (κ1) is 19.0. The Morgan fingerprint density at radius 1 is 1.30 bits per heavy atom. The van der Waals surface area contributed by atoms with Crippen molar-refractivity contribution in [2.75, 3.05) is 32.4 Å². The number of nitrogens with zero attached hydrogens (tertiary/aromatic N) is 1. The number of carbonyl (C=O) groups is 1. The quantitative estimate of drug-likeness (QED) is 0.769. The molecule has 1 saturated carbocycles. The Morgan fingerprint density at radius 3 is 2.83 bits per heavy atom. The summed E-state index contributed by atoms with van der Waals surface area (Å²) >= 11 is 0. The molecule has 3 rings (SSSR count). The Morgan fingerprint density at radius 2 is 2.09 bits per heavy atom. The number of rotatable bonds is 4. The van der Waals surface area contributed by atoms with Gasteiger partial charge < -0.3 is 10.2 Å². The van der Waals surface area contributed by atoms with E-state index in [0.29, 0.717) is 12.5 Å². The van der Waals surface area contributed by atoms with Crippen molar-refractivity contribution < 1.29 is 13.2 Å². The highest BCUT2D eigenvalue weighted by molar-refractivity contribution is 7.89. The molecule has 1 amide bonds. The van der Waals surface area contributed by atoms with Crippen LogP contribution in [0.4, 0.5) is 0 Å². The first-order chi connectivity index (χ1) is 10.5. The molecule has 0 aromatic heterocycles. The number of likely N-dealkylation sites (tertiary alicyclic amines) is 1. The highest BCUT2D eigenvalue weighted by Gasteiger charge is 2.52. The van der Waals surface area contributed by atoms with E-state index in [9.17, 15) is 13.2 Å². The fourth-order valence-electron chi connectivity index (χ4n) is 4.57. The van der Waals surface area contributed by atoms with Crippen LogP contribution in [0.5, 0.6) is 0 Å². The molecule has 2 saturated heterocycles. The second-order valence-corrected chi connectivity index (χ2v) is 8.98. The van der Waals surface area contributed by atoms with Gasteiger partial charge in [-0.05, 0) is 45.2 Å². The first-order valence-corrected chi connectivity index (χ1v) is 10.1. The second-order valence-electron chi connectivity index (χ2n) is 7.01. The molecule has 0 bridgehead atoms. The summed E-state index contributed by atoms with van der Waals surface area (Å²) in [5.74, 6) is 0.663. The first-order valence-electron chi connectivity index (χ1n) is 8.41. The number of halogens is 1. The third-order valence-corrected chi connectivity index (χ3v) is 7.27. The lowest BCUT2D eigenvalue weighted by Gasteiger charge is -2.41. The molecule has 0 radical (unpaired) electrons. The molecule has 6 nitrogen and oxygen atoms in total. The molecule has 1 unspecified atom stereocenters. The van der Waals surface area contributed by atoms with Gasteiger partial charge in [0.05, 0.1) is 11.2 Å². The van der Waals surface area contributed by atoms with Gasteiger partial charge in [0.2, 0.25) is 15.9 Å². The van der Waals surface area contributed by atoms with Gasteiger partial charge in [-0.3, -0.25) is 4.79 Å². The third-order valence-electron chi connectivity index (χ3n) is 5.82. The van der Waals surface area contributed by atoms with Gasteiger partial charge in [0.1, 0.15) is 0 Å². The average molecular weight is 366 g/mol. The zero-order valence-corrected chi connectivity index (χ0v) is 15.3. The van der Waals surface area contributed by atoms with Crippen molar-refractivity contribution in [1.29, 1.82) is 0 Å². The molecule has 1 aliphatic carbocycles. The number of amides is 1. The van der Waals surface area contributed by atoms with Crippen LogP contribution in [0.25, 0.3) is 0 Å². The highest BCUT2D eigenvalue weighted by Crippen LogP contribution is 2.46. The fraction of sp³-hybridized carbons (Fsp3) is 0.933. The molecule has 3 aliphatic rings. The summed E-state index contributed by atoms with van der Waals surface area (Å²) in [7, 11) is -1.85. The predicted octanol–water partition coefficient (Wildman–Crippen LogP) is 0.728. The molecule has 2 N–H and O–H groups in total. The monoisotopic (exact) mass is 365 g/mol. The van der Waals surface area contributed by atoms with Crippen LogP contribution in [0.15, 0.2) is 0 Å². The van der Waals surface area contributed by atoms with Gasteiger partial charge in [-0.15, -0.1) is 12.4 Å². The van der Waals surface area contributed by atoms with Crippen molar-refractivity contribution in [2.45, 2.75) is 44.6 Å². The second kappa shape index (κ2) is 7.25. The lowest BCUT2D eigenvalue weighted by Crippen LogP contribution is -2.52. The predicted molar refractivity (Wildman–Crippen MR) is 92.1 cm³/mol. The number of hydrogen-bond acceptors (Lipinski definition) is 4. The minimum atomic E-state index is -3.28. The number of sulfonamides is 1. The Hall–Kier alpha value is -0.370. The lowest BCUT2D eigenvalue weighted by molar-refractivity contribution is -0.145. The molecule has 23 heavy (non-hydrogen) atoms. The standard InChI is InChI=1S/C15H27N3O3S.ClH/c1-16-22(20,21)10-13-6-4-8-18(13)14(19)15-7-3-2-5-12(15)9-17-11-15;/h12-13,16-17H,2-11H2,1H3;1H/t12-,13?,15+;/m0./s1. The Bertz CT molecular complexity index is 542. The molecule has 0 aromatic rings. The minimum Gasteiger partial charge on any atom is -0.338 e. The normalized spacial score (nSPS) is 34.0. The molecular weight excluding hydrogens is 338 g/mol. The van der Waals surface area contributed by atoms with E-state index in [2.05, 4.69) is 10.0 Å². The molecule has 3 atom stereocenters. The molecular formula is C15H28ClN3O3S. The largest absolute Gasteiger partial charge is 0.338 e. The summed E-state index contributed by atoms with van der Waals surface area (Å²) < 4.78 is 26.1. The number of fused-ring (bicyclic) bond motifs is 1. The van der Waals surface area contributed by atoms with Crippen molar-refractivity contribution in [3.63, 3.8) is 0 Å². The van der Waals surface area contributed by atoms with Crippen LogP contribution in [-0.2, 0) is 14.8 Å². The summed E-state index contributed by atoms with van der Waals surface area (Å²) in [4.78, 5) is 15.1. The number of carbonyl (C=O) groups excluding carboxylic acids is 1. The van der Waals surface area contributed by atoms with Crippen molar-refractivity contribution in [1.82, 2.24) is 14.9 Å². The molecule has 134 valence electrons. The molecule has 0 spiro atoms. The van der Waals surface area contributed by atoms with E-state index in [-0.39, 0.29) is 35.5 Å². The maximum absolute atomic E-state index is 13.3. The summed E-state index contributed by atoms with van der Waals surface area (Å²) in [6.45, 7) is 2.40. The van der Waals surface area contributed by atoms with Gasteiger partial charge >= 0.3 is 0 Å². The van der Waals surface area contributed by atoms with E-state index in [1.54, 1.807) is 0 Å². The van der Waals surface area contributed by atoms with Crippen LogP contribution in [0.2, 0.25) is 0 Å². The SMILES string of the molecule is CNS(=O)(=O)CC1CCCN1C(=O)[C@@]12CCCC[C@H]1CNC2.Cl. The molecule has 2 heterocycles. The van der Waals surface area contributed by atoms with Gasteiger partial charge in [0.25, 0.3) is 0 Å². The Labute approximate surface area is 145 Å². The summed E-state index contributed by atoms with van der Waals surface area (Å²) in [5.41, 5.74) is -0.274. The Kier molecular flexibility index (Phi) is 5.98. The van der Waals surface area contributed by atoms with E-state index >= 15 is 0 Å². The van der Waals surface area contributed by atoms with Crippen molar-refractivity contribution in [3.8, 4) is 0 Å². The summed E-state index contributed by atoms with van der Waals surface area (Å²) in [6, 6.07) is -0.164. The summed E-state index contributed by atoms with van der Waals surface area (Å²) in [6.07, 6.45) is 6.08. The minimum absolute atomic E-state index is 0. The lowest BCUT2D eigenvalue weighted by atomic mass is 9.67. The van der Waals surface area contributed by atoms with Crippen LogP contribution < -0.4 is 10.0 Å². The van der Waals surface area contributed by atoms with Crippen molar-refractivity contribution in [2.24, 2.45) is 11.3 Å². The number of hydrogen-bond donors (Lipinski definition) is 2. The number of nitrogens with one attached hydrogen (secondary N) is 2. The van der Waals surface area contributed by atoms with Crippen molar-refractivity contribution >= 4 is 28.3 Å². The van der Waals surface area contributed by atoms with Crippen molar-refractivity contribution in [3.05, 3.63) is 0 Å².